The van der Waals surface area contributed by atoms with E-state index < -0.39 is 5.92 Å². The number of urea groups is 1. The molecule has 24 heavy (non-hydrogen) atoms. The molecule has 1 unspecified atom stereocenters. The van der Waals surface area contributed by atoms with Crippen LogP contribution in [0.1, 0.15) is 5.56 Å². The lowest BCUT2D eigenvalue weighted by molar-refractivity contribution is -0.382. The Morgan fingerprint density at radius 2 is 1.96 bits per heavy atom. The third-order valence-corrected chi connectivity index (χ3v) is 4.15. The number of benzene rings is 1. The molecule has 3 rings (SSSR count). The van der Waals surface area contributed by atoms with Gasteiger partial charge in [-0.25, -0.2) is 19.7 Å². The summed E-state index contributed by atoms with van der Waals surface area (Å²) in [7, 11) is 4.68. The Morgan fingerprint density at radius 3 is 2.67 bits per heavy atom. The molecule has 1 aromatic carbocycles. The third-order valence-electron chi connectivity index (χ3n) is 4.15. The first-order valence-electron chi connectivity index (χ1n) is 7.52. The SMILES string of the molecule is COc1ccc(C)cc1N=C1C=C[NH+]=C2C1C(=O)N(C)C(=O)N2C. The second-order valence-electron chi connectivity index (χ2n) is 5.75. The Bertz CT molecular complexity index is 810. The summed E-state index contributed by atoms with van der Waals surface area (Å²) in [5.74, 6) is 0.182. The monoisotopic (exact) mass is 327 g/mol. The molecule has 124 valence electrons. The number of aliphatic imine (C=N–C) groups is 1. The maximum Gasteiger partial charge on any atom is 0.417 e. The summed E-state index contributed by atoms with van der Waals surface area (Å²) < 4.78 is 5.35. The molecular formula is C17H19N4O3+. The van der Waals surface area contributed by atoms with Crippen molar-refractivity contribution in [3.63, 3.8) is 0 Å². The standard InChI is InChI=1S/C17H18N4O3/c1-10-5-6-13(24-4)12(9-10)19-11-7-8-18-15-14(11)16(22)21(3)17(23)20(15)2/h5-9,14H,1-4H3/p+1. The van der Waals surface area contributed by atoms with E-state index >= 15 is 0 Å². The van der Waals surface area contributed by atoms with Gasteiger partial charge in [0.05, 0.1) is 26.1 Å². The summed E-state index contributed by atoms with van der Waals surface area (Å²) in [5.41, 5.74) is 2.24. The molecule has 7 heteroatoms. The fourth-order valence-corrected chi connectivity index (χ4v) is 2.81. The first-order valence-corrected chi connectivity index (χ1v) is 7.52. The van der Waals surface area contributed by atoms with Crippen molar-refractivity contribution in [1.29, 1.82) is 0 Å². The van der Waals surface area contributed by atoms with Crippen molar-refractivity contribution in [2.75, 3.05) is 21.2 Å². The second-order valence-corrected chi connectivity index (χ2v) is 5.75. The van der Waals surface area contributed by atoms with Gasteiger partial charge in [0.25, 0.3) is 11.7 Å². The van der Waals surface area contributed by atoms with Gasteiger partial charge in [-0.2, -0.15) is 4.90 Å². The number of nitrogens with one attached hydrogen (secondary N) is 1. The van der Waals surface area contributed by atoms with E-state index in [4.69, 9.17) is 4.74 Å². The molecule has 7 nitrogen and oxygen atoms in total. The van der Waals surface area contributed by atoms with Crippen molar-refractivity contribution in [3.05, 3.63) is 36.0 Å². The number of ether oxygens (including phenoxy) is 1. The van der Waals surface area contributed by atoms with Gasteiger partial charge in [-0.3, -0.25) is 4.79 Å². The Balaban J connectivity index is 2.08. The molecular weight excluding hydrogens is 308 g/mol. The molecule has 0 aliphatic carbocycles. The van der Waals surface area contributed by atoms with E-state index in [0.717, 1.165) is 10.5 Å². The molecule has 2 aliphatic heterocycles. The van der Waals surface area contributed by atoms with Crippen LogP contribution in [-0.4, -0.2) is 54.5 Å². The van der Waals surface area contributed by atoms with E-state index in [0.29, 0.717) is 23.0 Å². The Kier molecular flexibility index (Phi) is 3.92. The number of hydrogen-bond donors (Lipinski definition) is 1. The molecule has 0 spiro atoms. The quantitative estimate of drug-likeness (QED) is 0.844. The van der Waals surface area contributed by atoms with Gasteiger partial charge >= 0.3 is 6.03 Å². The number of carbonyl (C=O) groups excluding carboxylic acids is 2. The molecule has 1 aromatic rings. The van der Waals surface area contributed by atoms with E-state index in [1.807, 2.05) is 25.1 Å². The minimum atomic E-state index is -0.645. The predicted octanol–water partition coefficient (Wildman–Crippen LogP) is 0.223. The van der Waals surface area contributed by atoms with Crippen LogP contribution in [0.4, 0.5) is 10.5 Å². The molecule has 1 atom stereocenters. The summed E-state index contributed by atoms with van der Waals surface area (Å²) in [6, 6.07) is 5.30. The van der Waals surface area contributed by atoms with Crippen LogP contribution < -0.4 is 9.73 Å². The number of hydrogen-bond acceptors (Lipinski definition) is 4. The van der Waals surface area contributed by atoms with E-state index in [1.165, 1.54) is 11.9 Å². The highest BCUT2D eigenvalue weighted by Gasteiger charge is 2.49. The molecule has 2 aliphatic rings. The highest BCUT2D eigenvalue weighted by atomic mass is 16.5. The van der Waals surface area contributed by atoms with Gasteiger partial charge in [-0.15, -0.1) is 0 Å². The van der Waals surface area contributed by atoms with Crippen molar-refractivity contribution in [2.45, 2.75) is 6.92 Å². The molecule has 1 fully saturated rings. The number of amidine groups is 1. The average molecular weight is 327 g/mol. The number of fused-ring (bicyclic) bond motifs is 1. The second kappa shape index (κ2) is 5.92. The normalized spacial score (nSPS) is 21.9. The number of imide groups is 1. The zero-order valence-corrected chi connectivity index (χ0v) is 14.0. The van der Waals surface area contributed by atoms with Crippen LogP contribution in [0.25, 0.3) is 0 Å². The summed E-state index contributed by atoms with van der Waals surface area (Å²) in [6.45, 7) is 1.96. The fourth-order valence-electron chi connectivity index (χ4n) is 2.81. The fraction of sp³-hybridized carbons (Fsp3) is 0.294. The van der Waals surface area contributed by atoms with E-state index in [-0.39, 0.29) is 11.9 Å². The van der Waals surface area contributed by atoms with Crippen LogP contribution in [0.2, 0.25) is 0 Å². The van der Waals surface area contributed by atoms with Gasteiger partial charge in [-0.05, 0) is 24.6 Å². The summed E-state index contributed by atoms with van der Waals surface area (Å²) in [4.78, 5) is 34.9. The first kappa shape index (κ1) is 15.9. The lowest BCUT2D eigenvalue weighted by atomic mass is 9.95. The Labute approximate surface area is 139 Å². The van der Waals surface area contributed by atoms with Crippen LogP contribution in [0.5, 0.6) is 5.75 Å². The summed E-state index contributed by atoms with van der Waals surface area (Å²) in [5, 5.41) is 0. The van der Waals surface area contributed by atoms with Gasteiger partial charge in [0.2, 0.25) is 0 Å². The van der Waals surface area contributed by atoms with Crippen molar-refractivity contribution in [3.8, 4) is 5.75 Å². The third kappa shape index (κ3) is 2.47. The van der Waals surface area contributed by atoms with Crippen molar-refractivity contribution in [2.24, 2.45) is 10.9 Å². The van der Waals surface area contributed by atoms with Crippen LogP contribution in [0, 0.1) is 12.8 Å². The van der Waals surface area contributed by atoms with Crippen molar-refractivity contribution < 1.29 is 19.3 Å². The van der Waals surface area contributed by atoms with Crippen LogP contribution in [-0.2, 0) is 4.79 Å². The van der Waals surface area contributed by atoms with Crippen molar-refractivity contribution in [1.82, 2.24) is 9.80 Å². The van der Waals surface area contributed by atoms with Crippen LogP contribution >= 0.6 is 0 Å². The minimum Gasteiger partial charge on any atom is -0.494 e. The molecule has 0 saturated carbocycles. The van der Waals surface area contributed by atoms with Gasteiger partial charge < -0.3 is 4.74 Å². The number of rotatable bonds is 2. The smallest absolute Gasteiger partial charge is 0.417 e. The van der Waals surface area contributed by atoms with E-state index in [1.54, 1.807) is 26.4 Å². The largest absolute Gasteiger partial charge is 0.494 e. The number of aryl methyl sites for hydroxylation is 1. The van der Waals surface area contributed by atoms with E-state index in [2.05, 4.69) is 9.98 Å². The lowest BCUT2D eigenvalue weighted by Crippen LogP contribution is -2.79. The molecule has 3 amide bonds. The highest BCUT2D eigenvalue weighted by molar-refractivity contribution is 6.30. The number of amides is 3. The van der Waals surface area contributed by atoms with Gasteiger partial charge in [0.15, 0.2) is 5.92 Å². The van der Waals surface area contributed by atoms with E-state index in [9.17, 15) is 9.59 Å². The van der Waals surface area contributed by atoms with Crippen LogP contribution in [0.3, 0.4) is 0 Å². The first-order chi connectivity index (χ1) is 11.4. The summed E-state index contributed by atoms with van der Waals surface area (Å²) in [6.07, 6.45) is 3.42. The minimum absolute atomic E-state index is 0.310. The number of methoxy groups -OCH3 is 1. The van der Waals surface area contributed by atoms with Gasteiger partial charge in [0, 0.05) is 13.1 Å². The predicted molar refractivity (Wildman–Crippen MR) is 89.4 cm³/mol. The van der Waals surface area contributed by atoms with Crippen molar-refractivity contribution >= 4 is 29.2 Å². The molecule has 2 heterocycles. The number of allylic oxidation sites excluding steroid dienone is 1. The maximum absolute atomic E-state index is 12.6. The average Bonchev–Trinajstić information content (AvgIpc) is 2.58. The Hall–Kier alpha value is -2.96. The van der Waals surface area contributed by atoms with Gasteiger partial charge in [-0.1, -0.05) is 6.07 Å². The molecule has 0 bridgehead atoms. The molecule has 0 aromatic heterocycles. The summed E-state index contributed by atoms with van der Waals surface area (Å²) >= 11 is 0. The highest BCUT2D eigenvalue weighted by Crippen LogP contribution is 2.30. The van der Waals surface area contributed by atoms with Gasteiger partial charge in [0.1, 0.15) is 11.4 Å². The maximum atomic E-state index is 12.6. The number of nitrogens with zero attached hydrogens (tertiary/aromatic N) is 3. The zero-order chi connectivity index (χ0) is 17.4. The Morgan fingerprint density at radius 1 is 1.21 bits per heavy atom. The zero-order valence-electron chi connectivity index (χ0n) is 14.0. The van der Waals surface area contributed by atoms with Crippen LogP contribution in [0.15, 0.2) is 35.5 Å². The topological polar surface area (TPSA) is 76.2 Å². The lowest BCUT2D eigenvalue weighted by Gasteiger charge is -2.31. The number of carbonyl (C=O) groups is 2. The molecule has 0 radical (unpaired) electrons. The molecule has 1 N–H and O–H groups in total. The molecule has 1 saturated heterocycles.